The highest BCUT2D eigenvalue weighted by Gasteiger charge is 2.72. The van der Waals surface area contributed by atoms with E-state index in [2.05, 4.69) is 0 Å². The molecule has 1 aromatic carbocycles. The van der Waals surface area contributed by atoms with Gasteiger partial charge in [0.05, 0.1) is 5.41 Å². The van der Waals surface area contributed by atoms with Crippen LogP contribution in [0.2, 0.25) is 0 Å². The molecule has 3 saturated carbocycles. The van der Waals surface area contributed by atoms with Crippen molar-refractivity contribution in [3.05, 3.63) is 35.6 Å². The molecule has 0 saturated heterocycles. The molecule has 1 N–H and O–H groups in total. The molecular formula is C12H11FO2. The quantitative estimate of drug-likeness (QED) is 0.806. The molecule has 4 rings (SSSR count). The van der Waals surface area contributed by atoms with Crippen molar-refractivity contribution in [2.45, 2.75) is 24.7 Å². The Morgan fingerprint density at radius 1 is 1.20 bits per heavy atom. The average molecular weight is 206 g/mol. The van der Waals surface area contributed by atoms with Crippen molar-refractivity contribution in [2.24, 2.45) is 5.41 Å². The summed E-state index contributed by atoms with van der Waals surface area (Å²) in [5.74, 6) is -0.912. The van der Waals surface area contributed by atoms with Gasteiger partial charge >= 0.3 is 5.97 Å². The third kappa shape index (κ3) is 0.954. The van der Waals surface area contributed by atoms with Crippen LogP contribution in [0.4, 0.5) is 4.39 Å². The van der Waals surface area contributed by atoms with Gasteiger partial charge in [0.15, 0.2) is 0 Å². The highest BCUT2D eigenvalue weighted by Crippen LogP contribution is 2.73. The lowest BCUT2D eigenvalue weighted by atomic mass is 9.33. The van der Waals surface area contributed by atoms with Crippen LogP contribution in [0.1, 0.15) is 24.8 Å². The number of carboxylic acids is 1. The summed E-state index contributed by atoms with van der Waals surface area (Å²) in [5.41, 5.74) is 0.688. The second-order valence-corrected chi connectivity index (χ2v) is 4.90. The van der Waals surface area contributed by atoms with Crippen LogP contribution < -0.4 is 0 Å². The van der Waals surface area contributed by atoms with Gasteiger partial charge < -0.3 is 5.11 Å². The van der Waals surface area contributed by atoms with Crippen molar-refractivity contribution < 1.29 is 14.3 Å². The molecule has 3 heteroatoms. The predicted octanol–water partition coefficient (Wildman–Crippen LogP) is 2.33. The number of hydrogen-bond donors (Lipinski definition) is 1. The molecule has 3 aliphatic rings. The molecule has 15 heavy (non-hydrogen) atoms. The van der Waals surface area contributed by atoms with E-state index in [0.29, 0.717) is 0 Å². The van der Waals surface area contributed by atoms with E-state index in [-0.39, 0.29) is 11.2 Å². The number of carbonyl (C=O) groups is 1. The van der Waals surface area contributed by atoms with E-state index in [1.165, 1.54) is 12.1 Å². The van der Waals surface area contributed by atoms with E-state index in [1.807, 2.05) is 0 Å². The molecule has 0 aromatic heterocycles. The van der Waals surface area contributed by atoms with Gasteiger partial charge in [-0.1, -0.05) is 12.1 Å². The maximum Gasteiger partial charge on any atom is 0.309 e. The summed E-state index contributed by atoms with van der Waals surface area (Å²) in [6.45, 7) is 0. The van der Waals surface area contributed by atoms with Crippen molar-refractivity contribution in [3.8, 4) is 0 Å². The number of halogens is 1. The third-order valence-corrected chi connectivity index (χ3v) is 3.94. The van der Waals surface area contributed by atoms with Gasteiger partial charge in [-0.05, 0) is 42.4 Å². The minimum Gasteiger partial charge on any atom is -0.481 e. The average Bonchev–Trinajstić information content (AvgIpc) is 2.02. The van der Waals surface area contributed by atoms with Gasteiger partial charge in [0.2, 0.25) is 0 Å². The molecule has 0 atom stereocenters. The van der Waals surface area contributed by atoms with E-state index in [1.54, 1.807) is 12.1 Å². The van der Waals surface area contributed by atoms with Gasteiger partial charge in [0.1, 0.15) is 5.82 Å². The van der Waals surface area contributed by atoms with Gasteiger partial charge in [-0.3, -0.25) is 4.79 Å². The molecule has 78 valence electrons. The Bertz CT molecular complexity index is 416. The summed E-state index contributed by atoms with van der Waals surface area (Å²) in [5, 5.41) is 8.98. The van der Waals surface area contributed by atoms with E-state index < -0.39 is 11.4 Å². The first-order valence-corrected chi connectivity index (χ1v) is 5.06. The van der Waals surface area contributed by atoms with E-state index in [9.17, 15) is 9.18 Å². The Morgan fingerprint density at radius 2 is 1.73 bits per heavy atom. The van der Waals surface area contributed by atoms with Gasteiger partial charge in [-0.25, -0.2) is 4.39 Å². The molecule has 1 aromatic rings. The fraction of sp³-hybridized carbons (Fsp3) is 0.417. The van der Waals surface area contributed by atoms with Crippen molar-refractivity contribution in [2.75, 3.05) is 0 Å². The van der Waals surface area contributed by atoms with E-state index >= 15 is 0 Å². The van der Waals surface area contributed by atoms with Crippen LogP contribution in [0.15, 0.2) is 24.3 Å². The first-order chi connectivity index (χ1) is 7.06. The third-order valence-electron chi connectivity index (χ3n) is 3.94. The summed E-state index contributed by atoms with van der Waals surface area (Å²) >= 11 is 0. The minimum atomic E-state index is -0.675. The summed E-state index contributed by atoms with van der Waals surface area (Å²) < 4.78 is 12.7. The smallest absolute Gasteiger partial charge is 0.309 e. The summed E-state index contributed by atoms with van der Waals surface area (Å²) in [4.78, 5) is 10.9. The molecule has 0 unspecified atom stereocenters. The maximum absolute atomic E-state index is 12.7. The van der Waals surface area contributed by atoms with Crippen molar-refractivity contribution in [1.29, 1.82) is 0 Å². The van der Waals surface area contributed by atoms with E-state index in [0.717, 1.165) is 24.8 Å². The maximum atomic E-state index is 12.7. The van der Waals surface area contributed by atoms with Crippen LogP contribution >= 0.6 is 0 Å². The van der Waals surface area contributed by atoms with E-state index in [4.69, 9.17) is 5.11 Å². The molecule has 3 fully saturated rings. The Morgan fingerprint density at radius 3 is 2.20 bits per heavy atom. The predicted molar refractivity (Wildman–Crippen MR) is 52.0 cm³/mol. The molecule has 2 bridgehead atoms. The SMILES string of the molecule is O=C(O)C12CC(c3ccc(F)cc3)(C1)C2. The lowest BCUT2D eigenvalue weighted by Crippen LogP contribution is -2.67. The Hall–Kier alpha value is -1.38. The van der Waals surface area contributed by atoms with Crippen LogP contribution in [0.3, 0.4) is 0 Å². The van der Waals surface area contributed by atoms with Crippen LogP contribution in [0.25, 0.3) is 0 Å². The molecule has 0 radical (unpaired) electrons. The van der Waals surface area contributed by atoms with Crippen molar-refractivity contribution in [1.82, 2.24) is 0 Å². The lowest BCUT2D eigenvalue weighted by Gasteiger charge is -2.68. The molecular weight excluding hydrogens is 195 g/mol. The summed E-state index contributed by atoms with van der Waals surface area (Å²) in [6, 6.07) is 6.45. The monoisotopic (exact) mass is 206 g/mol. The van der Waals surface area contributed by atoms with Crippen LogP contribution in [-0.2, 0) is 10.2 Å². The second kappa shape index (κ2) is 2.40. The van der Waals surface area contributed by atoms with Crippen LogP contribution in [0, 0.1) is 11.2 Å². The van der Waals surface area contributed by atoms with Gasteiger partial charge in [-0.15, -0.1) is 0 Å². The number of hydrogen-bond acceptors (Lipinski definition) is 1. The number of benzene rings is 1. The van der Waals surface area contributed by atoms with Crippen LogP contribution in [0.5, 0.6) is 0 Å². The van der Waals surface area contributed by atoms with Gasteiger partial charge in [0.25, 0.3) is 0 Å². The van der Waals surface area contributed by atoms with Crippen molar-refractivity contribution >= 4 is 5.97 Å². The van der Waals surface area contributed by atoms with Gasteiger partial charge in [-0.2, -0.15) is 0 Å². The lowest BCUT2D eigenvalue weighted by molar-refractivity contribution is -0.194. The largest absolute Gasteiger partial charge is 0.481 e. The minimum absolute atomic E-state index is 0.0477. The summed E-state index contributed by atoms with van der Waals surface area (Å²) in [7, 11) is 0. The van der Waals surface area contributed by atoms with Crippen LogP contribution in [-0.4, -0.2) is 11.1 Å². The fourth-order valence-corrected chi connectivity index (χ4v) is 3.12. The Labute approximate surface area is 86.7 Å². The Kier molecular flexibility index (Phi) is 1.43. The standard InChI is InChI=1S/C12H11FO2/c13-9-3-1-8(2-4-9)11-5-12(6-11,7-11)10(14)15/h1-4H,5-7H2,(H,14,15). The molecule has 3 aliphatic carbocycles. The normalized spacial score (nSPS) is 36.6. The molecule has 0 aliphatic heterocycles. The first-order valence-electron chi connectivity index (χ1n) is 5.06. The molecule has 0 spiro atoms. The molecule has 0 amide bonds. The Balaban J connectivity index is 1.84. The number of aliphatic carboxylic acids is 1. The molecule has 0 heterocycles. The van der Waals surface area contributed by atoms with Gasteiger partial charge in [0, 0.05) is 0 Å². The molecule has 2 nitrogen and oxygen atoms in total. The number of carboxylic acid groups (broad SMARTS) is 1. The number of rotatable bonds is 2. The van der Waals surface area contributed by atoms with Crippen molar-refractivity contribution in [3.63, 3.8) is 0 Å². The highest BCUT2D eigenvalue weighted by molar-refractivity contribution is 5.80. The second-order valence-electron chi connectivity index (χ2n) is 4.90. The zero-order chi connectivity index (χ0) is 10.7. The summed E-state index contributed by atoms with van der Waals surface area (Å²) in [6.07, 6.45) is 2.17. The highest BCUT2D eigenvalue weighted by atomic mass is 19.1. The zero-order valence-corrected chi connectivity index (χ0v) is 8.16. The first kappa shape index (κ1) is 8.89. The fourth-order valence-electron chi connectivity index (χ4n) is 3.12. The zero-order valence-electron chi connectivity index (χ0n) is 8.16. The topological polar surface area (TPSA) is 37.3 Å².